The van der Waals surface area contributed by atoms with Crippen molar-refractivity contribution in [1.29, 1.82) is 0 Å². The van der Waals surface area contributed by atoms with Gasteiger partial charge in [-0.05, 0) is 40.2 Å². The van der Waals surface area contributed by atoms with Gasteiger partial charge in [0.1, 0.15) is 9.77 Å². The molecule has 0 bridgehead atoms. The Morgan fingerprint density at radius 2 is 1.96 bits per heavy atom. The molecule has 1 aliphatic rings. The van der Waals surface area contributed by atoms with Crippen molar-refractivity contribution in [2.75, 3.05) is 33.3 Å². The van der Waals surface area contributed by atoms with Gasteiger partial charge in [-0.15, -0.1) is 11.3 Å². The highest BCUT2D eigenvalue weighted by Crippen LogP contribution is 2.29. The second kappa shape index (κ2) is 7.40. The van der Waals surface area contributed by atoms with E-state index in [4.69, 9.17) is 4.74 Å². The minimum atomic E-state index is -3.52. The Bertz CT molecular complexity index is 876. The molecular weight excluding hydrogens is 430 g/mol. The fraction of sp³-hybridized carbons (Fsp3) is 0.333. The van der Waals surface area contributed by atoms with Crippen molar-refractivity contribution >= 4 is 43.2 Å². The van der Waals surface area contributed by atoms with E-state index in [2.05, 4.69) is 20.9 Å². The van der Waals surface area contributed by atoms with Crippen LogP contribution in [-0.4, -0.2) is 61.8 Å². The molecule has 3 heterocycles. The molecule has 0 N–H and O–H groups in total. The highest BCUT2D eigenvalue weighted by molar-refractivity contribution is 9.11. The van der Waals surface area contributed by atoms with Crippen LogP contribution in [0.1, 0.15) is 10.4 Å². The Morgan fingerprint density at radius 1 is 1.24 bits per heavy atom. The van der Waals surface area contributed by atoms with E-state index in [0.29, 0.717) is 22.9 Å². The van der Waals surface area contributed by atoms with Crippen LogP contribution in [0.3, 0.4) is 0 Å². The number of thiophene rings is 1. The SMILES string of the molecule is COc1ncccc1C(=O)N1CCN(S(=O)(=O)c2ccc(Br)s2)CC1. The predicted molar refractivity (Wildman–Crippen MR) is 97.5 cm³/mol. The van der Waals surface area contributed by atoms with E-state index in [0.717, 1.165) is 3.79 Å². The number of halogens is 1. The summed E-state index contributed by atoms with van der Waals surface area (Å²) in [6.45, 7) is 1.16. The molecule has 0 spiro atoms. The first kappa shape index (κ1) is 18.3. The number of amides is 1. The number of carbonyl (C=O) groups is 1. The maximum Gasteiger partial charge on any atom is 0.259 e. The number of carbonyl (C=O) groups excluding carboxylic acids is 1. The second-order valence-electron chi connectivity index (χ2n) is 5.32. The van der Waals surface area contributed by atoms with E-state index in [-0.39, 0.29) is 24.9 Å². The van der Waals surface area contributed by atoms with Crippen molar-refractivity contribution in [3.63, 3.8) is 0 Å². The van der Waals surface area contributed by atoms with Crippen molar-refractivity contribution in [3.05, 3.63) is 39.8 Å². The predicted octanol–water partition coefficient (Wildman–Crippen LogP) is 2.06. The lowest BCUT2D eigenvalue weighted by molar-refractivity contribution is 0.0693. The summed E-state index contributed by atoms with van der Waals surface area (Å²) < 4.78 is 32.9. The molecule has 10 heteroatoms. The van der Waals surface area contributed by atoms with Crippen molar-refractivity contribution in [2.45, 2.75) is 4.21 Å². The molecule has 7 nitrogen and oxygen atoms in total. The minimum Gasteiger partial charge on any atom is -0.480 e. The molecule has 0 unspecified atom stereocenters. The zero-order valence-electron chi connectivity index (χ0n) is 13.4. The van der Waals surface area contributed by atoms with Crippen LogP contribution in [0.25, 0.3) is 0 Å². The molecule has 2 aromatic rings. The van der Waals surface area contributed by atoms with Gasteiger partial charge in [-0.3, -0.25) is 4.79 Å². The van der Waals surface area contributed by atoms with Gasteiger partial charge in [-0.1, -0.05) is 0 Å². The zero-order chi connectivity index (χ0) is 18.0. The van der Waals surface area contributed by atoms with Crippen molar-refractivity contribution < 1.29 is 17.9 Å². The highest BCUT2D eigenvalue weighted by Gasteiger charge is 2.32. The normalized spacial score (nSPS) is 16.0. The van der Waals surface area contributed by atoms with E-state index in [1.807, 2.05) is 0 Å². The summed E-state index contributed by atoms with van der Waals surface area (Å²) in [5.41, 5.74) is 0.378. The van der Waals surface area contributed by atoms with Crippen molar-refractivity contribution in [3.8, 4) is 5.88 Å². The van der Waals surface area contributed by atoms with Gasteiger partial charge in [0.2, 0.25) is 5.88 Å². The topological polar surface area (TPSA) is 79.8 Å². The van der Waals surface area contributed by atoms with E-state index >= 15 is 0 Å². The number of sulfonamides is 1. The standard InChI is InChI=1S/C15H16BrN3O4S2/c1-23-14-11(3-2-6-17-14)15(20)18-7-9-19(10-8-18)25(21,22)13-5-4-12(16)24-13/h2-6H,7-10H2,1H3. The Labute approximate surface area is 158 Å². The van der Waals surface area contributed by atoms with Gasteiger partial charge >= 0.3 is 0 Å². The van der Waals surface area contributed by atoms with Crippen LogP contribution < -0.4 is 4.74 Å². The summed E-state index contributed by atoms with van der Waals surface area (Å²) in [7, 11) is -2.06. The number of ether oxygens (including phenoxy) is 1. The fourth-order valence-corrected chi connectivity index (χ4v) is 6.17. The van der Waals surface area contributed by atoms with Crippen molar-refractivity contribution in [2.24, 2.45) is 0 Å². The summed E-state index contributed by atoms with van der Waals surface area (Å²) in [6.07, 6.45) is 1.55. The largest absolute Gasteiger partial charge is 0.480 e. The lowest BCUT2D eigenvalue weighted by atomic mass is 10.2. The lowest BCUT2D eigenvalue weighted by Crippen LogP contribution is -2.50. The Kier molecular flexibility index (Phi) is 5.42. The second-order valence-corrected chi connectivity index (χ2v) is 9.94. The summed E-state index contributed by atoms with van der Waals surface area (Å²) in [5.74, 6) is 0.0619. The zero-order valence-corrected chi connectivity index (χ0v) is 16.6. The third kappa shape index (κ3) is 3.71. The van der Waals surface area contributed by atoms with Crippen LogP contribution in [0.15, 0.2) is 38.5 Å². The molecule has 0 atom stereocenters. The number of hydrogen-bond donors (Lipinski definition) is 0. The molecular formula is C15H16BrN3O4S2. The van der Waals surface area contributed by atoms with Gasteiger partial charge in [-0.25, -0.2) is 13.4 Å². The fourth-order valence-electron chi connectivity index (χ4n) is 2.58. The van der Waals surface area contributed by atoms with Crippen molar-refractivity contribution in [1.82, 2.24) is 14.2 Å². The number of hydrogen-bond acceptors (Lipinski definition) is 6. The van der Waals surface area contributed by atoms with Crippen LogP contribution in [-0.2, 0) is 10.0 Å². The Morgan fingerprint density at radius 3 is 2.56 bits per heavy atom. The first-order chi connectivity index (χ1) is 11.9. The van der Waals surface area contributed by atoms with Crippen LogP contribution in [0.4, 0.5) is 0 Å². The molecule has 0 aromatic carbocycles. The number of piperazine rings is 1. The van der Waals surface area contributed by atoms with Gasteiger partial charge in [0.05, 0.1) is 10.9 Å². The van der Waals surface area contributed by atoms with Gasteiger partial charge in [0.25, 0.3) is 15.9 Å². The average molecular weight is 446 g/mol. The molecule has 3 rings (SSSR count). The van der Waals surface area contributed by atoms with Gasteiger partial charge < -0.3 is 9.64 Å². The number of pyridine rings is 1. The lowest BCUT2D eigenvalue weighted by Gasteiger charge is -2.33. The monoisotopic (exact) mass is 445 g/mol. The molecule has 1 fully saturated rings. The highest BCUT2D eigenvalue weighted by atomic mass is 79.9. The Balaban J connectivity index is 1.70. The average Bonchev–Trinajstić information content (AvgIpc) is 3.08. The van der Waals surface area contributed by atoms with E-state index in [1.165, 1.54) is 22.8 Å². The minimum absolute atomic E-state index is 0.208. The molecule has 0 aliphatic carbocycles. The third-order valence-electron chi connectivity index (χ3n) is 3.86. The van der Waals surface area contributed by atoms with Gasteiger partial charge in [-0.2, -0.15) is 4.31 Å². The third-order valence-corrected chi connectivity index (χ3v) is 7.85. The number of nitrogens with zero attached hydrogens (tertiary/aromatic N) is 3. The first-order valence-electron chi connectivity index (χ1n) is 7.47. The quantitative estimate of drug-likeness (QED) is 0.719. The molecule has 1 saturated heterocycles. The number of methoxy groups -OCH3 is 1. The van der Waals surface area contributed by atoms with Crippen LogP contribution in [0.2, 0.25) is 0 Å². The molecule has 1 aliphatic heterocycles. The maximum absolute atomic E-state index is 12.6. The molecule has 0 saturated carbocycles. The van der Waals surface area contributed by atoms with E-state index < -0.39 is 10.0 Å². The van der Waals surface area contributed by atoms with E-state index in [9.17, 15) is 13.2 Å². The number of rotatable bonds is 4. The summed E-state index contributed by atoms with van der Waals surface area (Å²) in [6, 6.07) is 6.62. The molecule has 1 amide bonds. The van der Waals surface area contributed by atoms with Crippen LogP contribution in [0.5, 0.6) is 5.88 Å². The van der Waals surface area contributed by atoms with E-state index in [1.54, 1.807) is 35.4 Å². The summed E-state index contributed by atoms with van der Waals surface area (Å²) in [4.78, 5) is 18.3. The molecule has 134 valence electrons. The maximum atomic E-state index is 12.6. The first-order valence-corrected chi connectivity index (χ1v) is 10.5. The molecule has 0 radical (unpaired) electrons. The summed E-state index contributed by atoms with van der Waals surface area (Å²) >= 11 is 4.46. The van der Waals surface area contributed by atoms with Crippen LogP contribution >= 0.6 is 27.3 Å². The smallest absolute Gasteiger partial charge is 0.259 e. The van der Waals surface area contributed by atoms with Gasteiger partial charge in [0, 0.05) is 32.4 Å². The molecule has 2 aromatic heterocycles. The Hall–Kier alpha value is -1.49. The molecule has 25 heavy (non-hydrogen) atoms. The number of aromatic nitrogens is 1. The summed E-state index contributed by atoms with van der Waals surface area (Å²) in [5, 5.41) is 0. The van der Waals surface area contributed by atoms with Gasteiger partial charge in [0.15, 0.2) is 0 Å². The van der Waals surface area contributed by atoms with Crippen LogP contribution in [0, 0.1) is 0 Å².